The minimum Gasteiger partial charge on any atom is -0.484 e. The fourth-order valence-electron chi connectivity index (χ4n) is 2.32. The van der Waals surface area contributed by atoms with Crippen LogP contribution in [0.2, 0.25) is 0 Å². The van der Waals surface area contributed by atoms with Gasteiger partial charge in [0, 0.05) is 4.47 Å². The fraction of sp³-hybridized carbons (Fsp3) is 0.0476. The maximum atomic E-state index is 11.8. The minimum atomic E-state index is -0.316. The third-order valence-corrected chi connectivity index (χ3v) is 4.08. The van der Waals surface area contributed by atoms with E-state index in [2.05, 4.69) is 26.5 Å². The number of rotatable bonds is 6. The summed E-state index contributed by atoms with van der Waals surface area (Å²) in [5, 5.41) is 3.92. The van der Waals surface area contributed by atoms with Crippen molar-refractivity contribution in [2.45, 2.75) is 0 Å². The van der Waals surface area contributed by atoms with E-state index in [1.807, 2.05) is 78.9 Å². The van der Waals surface area contributed by atoms with Crippen LogP contribution in [0.4, 0.5) is 0 Å². The normalized spacial score (nSPS) is 10.7. The lowest BCUT2D eigenvalue weighted by Gasteiger charge is -2.06. The molecule has 0 saturated carbocycles. The summed E-state index contributed by atoms with van der Waals surface area (Å²) in [6.45, 7) is -0.0967. The second-order valence-electron chi connectivity index (χ2n) is 5.53. The maximum Gasteiger partial charge on any atom is 0.277 e. The lowest BCUT2D eigenvalue weighted by molar-refractivity contribution is -0.123. The monoisotopic (exact) mass is 408 g/mol. The van der Waals surface area contributed by atoms with Gasteiger partial charge in [-0.1, -0.05) is 70.5 Å². The van der Waals surface area contributed by atoms with Crippen molar-refractivity contribution in [3.63, 3.8) is 0 Å². The predicted molar refractivity (Wildman–Crippen MR) is 107 cm³/mol. The van der Waals surface area contributed by atoms with Crippen molar-refractivity contribution in [2.75, 3.05) is 6.61 Å². The van der Waals surface area contributed by atoms with Gasteiger partial charge < -0.3 is 4.74 Å². The summed E-state index contributed by atoms with van der Waals surface area (Å²) in [7, 11) is 0. The number of amides is 1. The van der Waals surface area contributed by atoms with E-state index in [9.17, 15) is 4.79 Å². The summed E-state index contributed by atoms with van der Waals surface area (Å²) in [4.78, 5) is 11.8. The molecule has 0 aliphatic rings. The molecule has 1 N–H and O–H groups in total. The first-order valence-corrected chi connectivity index (χ1v) is 8.86. The molecule has 3 rings (SSSR count). The Morgan fingerprint density at radius 1 is 0.962 bits per heavy atom. The Morgan fingerprint density at radius 2 is 1.69 bits per heavy atom. The van der Waals surface area contributed by atoms with Gasteiger partial charge in [-0.25, -0.2) is 5.43 Å². The van der Waals surface area contributed by atoms with Crippen LogP contribution < -0.4 is 10.2 Å². The molecule has 1 amide bonds. The van der Waals surface area contributed by atoms with Crippen LogP contribution in [-0.2, 0) is 4.79 Å². The van der Waals surface area contributed by atoms with Gasteiger partial charge in [-0.2, -0.15) is 5.10 Å². The predicted octanol–water partition coefficient (Wildman–Crippen LogP) is 4.65. The van der Waals surface area contributed by atoms with E-state index in [1.165, 1.54) is 0 Å². The van der Waals surface area contributed by atoms with E-state index < -0.39 is 0 Å². The van der Waals surface area contributed by atoms with Crippen LogP contribution in [-0.4, -0.2) is 18.7 Å². The van der Waals surface area contributed by atoms with E-state index in [0.717, 1.165) is 21.2 Å². The van der Waals surface area contributed by atoms with E-state index in [0.29, 0.717) is 5.75 Å². The molecule has 0 aromatic heterocycles. The van der Waals surface area contributed by atoms with Crippen molar-refractivity contribution in [1.82, 2.24) is 5.43 Å². The third kappa shape index (κ3) is 5.29. The van der Waals surface area contributed by atoms with Crippen molar-refractivity contribution in [1.29, 1.82) is 0 Å². The topological polar surface area (TPSA) is 50.7 Å². The molecule has 4 nitrogen and oxygen atoms in total. The molecule has 0 aliphatic carbocycles. The Labute approximate surface area is 160 Å². The Hall–Kier alpha value is -2.92. The molecule has 5 heteroatoms. The summed E-state index contributed by atoms with van der Waals surface area (Å²) in [6.07, 6.45) is 1.58. The molecule has 0 heterocycles. The SMILES string of the molecule is O=C(COc1ccc(-c2ccccc2)cc1)N/N=C\c1cccc(Br)c1. The van der Waals surface area contributed by atoms with Crippen molar-refractivity contribution in [3.8, 4) is 16.9 Å². The first-order valence-electron chi connectivity index (χ1n) is 8.06. The molecule has 0 unspecified atom stereocenters. The largest absolute Gasteiger partial charge is 0.484 e. The molecule has 130 valence electrons. The molecule has 3 aromatic rings. The number of nitrogens with one attached hydrogen (secondary N) is 1. The smallest absolute Gasteiger partial charge is 0.277 e. The van der Waals surface area contributed by atoms with Crippen LogP contribution in [0.25, 0.3) is 11.1 Å². The Bertz CT molecular complexity index is 893. The van der Waals surface area contributed by atoms with Gasteiger partial charge in [0.25, 0.3) is 5.91 Å². The number of hydrogen-bond donors (Lipinski definition) is 1. The lowest BCUT2D eigenvalue weighted by Crippen LogP contribution is -2.24. The standard InChI is InChI=1S/C21H17BrN2O2/c22-19-8-4-5-16(13-19)14-23-24-21(25)15-26-20-11-9-18(10-12-20)17-6-2-1-3-7-17/h1-14H,15H2,(H,24,25)/b23-14-. The molecular weight excluding hydrogens is 392 g/mol. The van der Waals surface area contributed by atoms with Gasteiger partial charge in [0.15, 0.2) is 6.61 Å². The van der Waals surface area contributed by atoms with Gasteiger partial charge in [0.1, 0.15) is 5.75 Å². The highest BCUT2D eigenvalue weighted by molar-refractivity contribution is 9.10. The Kier molecular flexibility index (Phi) is 6.17. The first kappa shape index (κ1) is 17.9. The number of halogens is 1. The van der Waals surface area contributed by atoms with Crippen molar-refractivity contribution >= 4 is 28.1 Å². The zero-order valence-corrected chi connectivity index (χ0v) is 15.5. The number of benzene rings is 3. The van der Waals surface area contributed by atoms with Gasteiger partial charge in [0.05, 0.1) is 6.21 Å². The van der Waals surface area contributed by atoms with Crippen LogP contribution in [0.15, 0.2) is 88.4 Å². The minimum absolute atomic E-state index is 0.0967. The molecule has 26 heavy (non-hydrogen) atoms. The van der Waals surface area contributed by atoms with E-state index in [1.54, 1.807) is 6.21 Å². The number of hydrogen-bond acceptors (Lipinski definition) is 3. The van der Waals surface area contributed by atoms with E-state index in [4.69, 9.17) is 4.74 Å². The average Bonchev–Trinajstić information content (AvgIpc) is 2.68. The van der Waals surface area contributed by atoms with Gasteiger partial charge in [0.2, 0.25) is 0 Å². The molecule has 0 spiro atoms. The van der Waals surface area contributed by atoms with Crippen LogP contribution in [0, 0.1) is 0 Å². The highest BCUT2D eigenvalue weighted by Crippen LogP contribution is 2.21. The van der Waals surface area contributed by atoms with Crippen LogP contribution in [0.1, 0.15) is 5.56 Å². The van der Waals surface area contributed by atoms with Crippen molar-refractivity contribution in [2.24, 2.45) is 5.10 Å². The number of hydrazone groups is 1. The number of ether oxygens (including phenoxy) is 1. The Balaban J connectivity index is 1.48. The first-order chi connectivity index (χ1) is 12.7. The third-order valence-electron chi connectivity index (χ3n) is 3.58. The van der Waals surface area contributed by atoms with E-state index in [-0.39, 0.29) is 12.5 Å². The van der Waals surface area contributed by atoms with Crippen LogP contribution in [0.3, 0.4) is 0 Å². The molecule has 0 bridgehead atoms. The second-order valence-corrected chi connectivity index (χ2v) is 6.44. The molecule has 0 atom stereocenters. The van der Waals surface area contributed by atoms with Gasteiger partial charge in [-0.15, -0.1) is 0 Å². The maximum absolute atomic E-state index is 11.8. The summed E-state index contributed by atoms with van der Waals surface area (Å²) in [5.74, 6) is 0.319. The van der Waals surface area contributed by atoms with Crippen LogP contribution >= 0.6 is 15.9 Å². The summed E-state index contributed by atoms with van der Waals surface area (Å²) in [5.41, 5.74) is 5.57. The second kappa shape index (κ2) is 8.97. The summed E-state index contributed by atoms with van der Waals surface area (Å²) in [6, 6.07) is 25.3. The van der Waals surface area contributed by atoms with Gasteiger partial charge >= 0.3 is 0 Å². The van der Waals surface area contributed by atoms with Gasteiger partial charge in [-0.3, -0.25) is 4.79 Å². The number of carbonyl (C=O) groups is 1. The molecule has 0 saturated heterocycles. The molecule has 0 radical (unpaired) electrons. The number of nitrogens with zero attached hydrogens (tertiary/aromatic N) is 1. The summed E-state index contributed by atoms with van der Waals surface area (Å²) >= 11 is 3.38. The Morgan fingerprint density at radius 3 is 2.42 bits per heavy atom. The summed E-state index contributed by atoms with van der Waals surface area (Å²) < 4.78 is 6.44. The van der Waals surface area contributed by atoms with E-state index >= 15 is 0 Å². The molecular formula is C21H17BrN2O2. The zero-order chi connectivity index (χ0) is 18.2. The van der Waals surface area contributed by atoms with Gasteiger partial charge in [-0.05, 0) is 41.0 Å². The van der Waals surface area contributed by atoms with Crippen molar-refractivity contribution in [3.05, 3.63) is 88.9 Å². The molecule has 0 fully saturated rings. The number of carbonyl (C=O) groups excluding carboxylic acids is 1. The highest BCUT2D eigenvalue weighted by Gasteiger charge is 2.02. The molecule has 3 aromatic carbocycles. The quantitative estimate of drug-likeness (QED) is 0.476. The average molecular weight is 409 g/mol. The zero-order valence-electron chi connectivity index (χ0n) is 13.9. The van der Waals surface area contributed by atoms with Crippen LogP contribution in [0.5, 0.6) is 5.75 Å². The molecule has 0 aliphatic heterocycles. The highest BCUT2D eigenvalue weighted by atomic mass is 79.9. The fourth-order valence-corrected chi connectivity index (χ4v) is 2.74. The lowest BCUT2D eigenvalue weighted by atomic mass is 10.1. The van der Waals surface area contributed by atoms with Crippen molar-refractivity contribution < 1.29 is 9.53 Å².